The van der Waals surface area contributed by atoms with Crippen molar-refractivity contribution < 1.29 is 4.79 Å². The molecule has 0 radical (unpaired) electrons. The van der Waals surface area contributed by atoms with E-state index < -0.39 is 0 Å². The summed E-state index contributed by atoms with van der Waals surface area (Å²) in [6.45, 7) is 4.91. The highest BCUT2D eigenvalue weighted by molar-refractivity contribution is 5.79. The summed E-state index contributed by atoms with van der Waals surface area (Å²) in [5.74, 6) is 1.69. The van der Waals surface area contributed by atoms with Crippen LogP contribution in [-0.4, -0.2) is 61.7 Å². The number of aromatic nitrogens is 5. The number of carbonyl (C=O) groups is 1. The minimum atomic E-state index is 0.176. The summed E-state index contributed by atoms with van der Waals surface area (Å²) >= 11 is 0. The zero-order valence-electron chi connectivity index (χ0n) is 15.2. The highest BCUT2D eigenvalue weighted by Crippen LogP contribution is 2.16. The highest BCUT2D eigenvalue weighted by Gasteiger charge is 2.22. The Kier molecular flexibility index (Phi) is 4.78. The van der Waals surface area contributed by atoms with Crippen molar-refractivity contribution >= 4 is 11.7 Å². The molecule has 0 spiro atoms. The van der Waals surface area contributed by atoms with Crippen LogP contribution in [0.4, 0.5) is 5.82 Å². The minimum absolute atomic E-state index is 0.176. The van der Waals surface area contributed by atoms with Crippen LogP contribution in [0, 0.1) is 6.92 Å². The summed E-state index contributed by atoms with van der Waals surface area (Å²) < 4.78 is 1.60. The van der Waals surface area contributed by atoms with Gasteiger partial charge in [-0.3, -0.25) is 4.79 Å². The minimum Gasteiger partial charge on any atom is -0.353 e. The van der Waals surface area contributed by atoms with Gasteiger partial charge in [0.1, 0.15) is 24.8 Å². The van der Waals surface area contributed by atoms with Gasteiger partial charge < -0.3 is 9.80 Å². The first-order valence-electron chi connectivity index (χ1n) is 8.95. The molecular weight excluding hydrogens is 342 g/mol. The molecule has 4 rings (SSSR count). The molecule has 2 aromatic heterocycles. The first kappa shape index (κ1) is 17.1. The zero-order valence-corrected chi connectivity index (χ0v) is 15.2. The Morgan fingerprint density at radius 2 is 1.81 bits per heavy atom. The zero-order chi connectivity index (χ0) is 18.6. The Labute approximate surface area is 157 Å². The Morgan fingerprint density at radius 1 is 1.04 bits per heavy atom. The van der Waals surface area contributed by atoms with E-state index in [1.165, 1.54) is 12.7 Å². The summed E-state index contributed by atoms with van der Waals surface area (Å²) in [6.07, 6.45) is 5.06. The Morgan fingerprint density at radius 3 is 2.56 bits per heavy atom. The molecule has 0 bridgehead atoms. The molecule has 0 atom stereocenters. The van der Waals surface area contributed by atoms with Gasteiger partial charge in [0.05, 0.1) is 6.42 Å². The molecule has 8 heteroatoms. The first-order valence-corrected chi connectivity index (χ1v) is 8.95. The molecule has 0 N–H and O–H groups in total. The van der Waals surface area contributed by atoms with Gasteiger partial charge in [-0.1, -0.05) is 24.3 Å². The summed E-state index contributed by atoms with van der Waals surface area (Å²) in [5, 5.41) is 4.10. The van der Waals surface area contributed by atoms with Gasteiger partial charge in [0.15, 0.2) is 5.82 Å². The lowest BCUT2D eigenvalue weighted by Gasteiger charge is -2.35. The predicted molar refractivity (Wildman–Crippen MR) is 101 cm³/mol. The van der Waals surface area contributed by atoms with E-state index in [0.717, 1.165) is 30.0 Å². The topological polar surface area (TPSA) is 80.0 Å². The van der Waals surface area contributed by atoms with E-state index in [1.807, 2.05) is 42.2 Å². The van der Waals surface area contributed by atoms with Gasteiger partial charge in [0, 0.05) is 32.2 Å². The number of carbonyl (C=O) groups excluding carboxylic acids is 1. The Hall–Kier alpha value is -3.29. The van der Waals surface area contributed by atoms with Gasteiger partial charge in [0.2, 0.25) is 5.91 Å². The second-order valence-electron chi connectivity index (χ2n) is 6.55. The van der Waals surface area contributed by atoms with Gasteiger partial charge in [-0.05, 0) is 18.1 Å². The average molecular weight is 363 g/mol. The molecule has 3 heterocycles. The molecule has 8 nitrogen and oxygen atoms in total. The van der Waals surface area contributed by atoms with E-state index >= 15 is 0 Å². The van der Waals surface area contributed by atoms with Crippen LogP contribution in [0.3, 0.4) is 0 Å². The van der Waals surface area contributed by atoms with Crippen molar-refractivity contribution in [2.45, 2.75) is 13.3 Å². The quantitative estimate of drug-likeness (QED) is 0.694. The van der Waals surface area contributed by atoms with Crippen molar-refractivity contribution in [2.24, 2.45) is 0 Å². The third-order valence-electron chi connectivity index (χ3n) is 4.85. The number of hydrogen-bond acceptors (Lipinski definition) is 6. The van der Waals surface area contributed by atoms with Gasteiger partial charge in [-0.2, -0.15) is 5.10 Å². The SMILES string of the molecule is Cc1ccccc1CC(=O)N1CCN(c2cc(-n3cncn3)ncn2)CC1. The lowest BCUT2D eigenvalue weighted by Crippen LogP contribution is -2.49. The van der Waals surface area contributed by atoms with Crippen molar-refractivity contribution in [3.8, 4) is 5.82 Å². The van der Waals surface area contributed by atoms with Gasteiger partial charge >= 0.3 is 0 Å². The predicted octanol–water partition coefficient (Wildman–Crippen LogP) is 1.26. The van der Waals surface area contributed by atoms with Crippen LogP contribution < -0.4 is 4.90 Å². The molecule has 1 saturated heterocycles. The molecule has 3 aromatic rings. The van der Waals surface area contributed by atoms with Gasteiger partial charge in [-0.15, -0.1) is 0 Å². The highest BCUT2D eigenvalue weighted by atomic mass is 16.2. The van der Waals surface area contributed by atoms with E-state index in [0.29, 0.717) is 25.3 Å². The molecule has 1 aromatic carbocycles. The standard InChI is InChI=1S/C19H21N7O/c1-15-4-2-3-5-16(15)10-19(27)25-8-6-24(7-9-25)17-11-18(22-13-21-17)26-14-20-12-23-26/h2-5,11-14H,6-10H2,1H3. The smallest absolute Gasteiger partial charge is 0.227 e. The molecular formula is C19H21N7O. The second-order valence-corrected chi connectivity index (χ2v) is 6.55. The third kappa shape index (κ3) is 3.79. The number of aryl methyl sites for hydroxylation is 1. The van der Waals surface area contributed by atoms with Crippen LogP contribution in [0.5, 0.6) is 0 Å². The van der Waals surface area contributed by atoms with Gasteiger partial charge in [0.25, 0.3) is 0 Å². The van der Waals surface area contributed by atoms with E-state index in [1.54, 1.807) is 11.0 Å². The van der Waals surface area contributed by atoms with Crippen LogP contribution in [-0.2, 0) is 11.2 Å². The molecule has 1 aliphatic heterocycles. The van der Waals surface area contributed by atoms with Crippen LogP contribution in [0.2, 0.25) is 0 Å². The Bertz CT molecular complexity index is 917. The third-order valence-corrected chi connectivity index (χ3v) is 4.85. The Balaban J connectivity index is 1.38. The van der Waals surface area contributed by atoms with E-state index in [4.69, 9.17) is 0 Å². The van der Waals surface area contributed by atoms with Crippen LogP contribution in [0.25, 0.3) is 5.82 Å². The maximum atomic E-state index is 12.6. The molecule has 1 amide bonds. The summed E-state index contributed by atoms with van der Waals surface area (Å²) in [6, 6.07) is 9.94. The maximum absolute atomic E-state index is 12.6. The lowest BCUT2D eigenvalue weighted by molar-refractivity contribution is -0.130. The number of benzene rings is 1. The summed E-state index contributed by atoms with van der Waals surface area (Å²) in [4.78, 5) is 29.3. The number of anilines is 1. The summed E-state index contributed by atoms with van der Waals surface area (Å²) in [5.41, 5.74) is 2.25. The molecule has 27 heavy (non-hydrogen) atoms. The van der Waals surface area contributed by atoms with Gasteiger partial charge in [-0.25, -0.2) is 19.6 Å². The van der Waals surface area contributed by atoms with E-state index in [-0.39, 0.29) is 5.91 Å². The molecule has 138 valence electrons. The second kappa shape index (κ2) is 7.53. The normalized spacial score (nSPS) is 14.4. The molecule has 0 unspecified atom stereocenters. The first-order chi connectivity index (χ1) is 13.2. The lowest BCUT2D eigenvalue weighted by atomic mass is 10.1. The monoisotopic (exact) mass is 363 g/mol. The van der Waals surface area contributed by atoms with E-state index in [2.05, 4.69) is 25.0 Å². The average Bonchev–Trinajstić information content (AvgIpc) is 3.25. The van der Waals surface area contributed by atoms with E-state index in [9.17, 15) is 4.79 Å². The van der Waals surface area contributed by atoms with Crippen molar-refractivity contribution in [3.63, 3.8) is 0 Å². The van der Waals surface area contributed by atoms with Crippen LogP contribution >= 0.6 is 0 Å². The fourth-order valence-electron chi connectivity index (χ4n) is 3.23. The molecule has 1 aliphatic rings. The number of rotatable bonds is 4. The summed E-state index contributed by atoms with van der Waals surface area (Å²) in [7, 11) is 0. The fraction of sp³-hybridized carbons (Fsp3) is 0.316. The number of nitrogens with zero attached hydrogens (tertiary/aromatic N) is 7. The largest absolute Gasteiger partial charge is 0.353 e. The van der Waals surface area contributed by atoms with Crippen molar-refractivity contribution in [2.75, 3.05) is 31.1 Å². The van der Waals surface area contributed by atoms with Crippen LogP contribution in [0.1, 0.15) is 11.1 Å². The fourth-order valence-corrected chi connectivity index (χ4v) is 3.23. The number of hydrogen-bond donors (Lipinski definition) is 0. The van der Waals surface area contributed by atoms with Crippen LogP contribution in [0.15, 0.2) is 49.3 Å². The molecule has 0 saturated carbocycles. The van der Waals surface area contributed by atoms with Crippen molar-refractivity contribution in [1.29, 1.82) is 0 Å². The number of piperazine rings is 1. The van der Waals surface area contributed by atoms with Crippen molar-refractivity contribution in [1.82, 2.24) is 29.6 Å². The molecule has 0 aliphatic carbocycles. The number of amides is 1. The van der Waals surface area contributed by atoms with Crippen molar-refractivity contribution in [3.05, 3.63) is 60.4 Å². The maximum Gasteiger partial charge on any atom is 0.227 e. The molecule has 1 fully saturated rings.